The van der Waals surface area contributed by atoms with E-state index in [1.54, 1.807) is 0 Å². The van der Waals surface area contributed by atoms with Crippen LogP contribution in [0.4, 0.5) is 17.2 Å². The first-order chi connectivity index (χ1) is 19.3. The molecule has 0 radical (unpaired) electrons. The summed E-state index contributed by atoms with van der Waals surface area (Å²) < 4.78 is 8.60. The fourth-order valence-corrected chi connectivity index (χ4v) is 6.33. The van der Waals surface area contributed by atoms with Crippen LogP contribution in [0.25, 0.3) is 60.4 Å². The molecule has 2 aromatic heterocycles. The van der Waals surface area contributed by atoms with Crippen LogP contribution >= 0.6 is 0 Å². The van der Waals surface area contributed by atoms with Crippen molar-refractivity contribution in [3.8, 4) is 16.8 Å². The quantitative estimate of drug-likeness (QED) is 0.224. The van der Waals surface area contributed by atoms with Crippen molar-refractivity contribution in [3.05, 3.63) is 133 Å². The van der Waals surface area contributed by atoms with Crippen molar-refractivity contribution in [2.45, 2.75) is 0 Å². The van der Waals surface area contributed by atoms with Gasteiger partial charge in [0.15, 0.2) is 0 Å². The monoisotopic (exact) mass is 498 g/mol. The third-order valence-corrected chi connectivity index (χ3v) is 8.08. The van der Waals surface area contributed by atoms with Gasteiger partial charge in [0, 0.05) is 33.0 Å². The molecule has 0 bridgehead atoms. The van der Waals surface area contributed by atoms with E-state index in [1.807, 2.05) is 12.1 Å². The minimum Gasteiger partial charge on any atom is -0.456 e. The SMILES string of the molecule is c1ccc2c(c1)-c1cc3ccccc3cc1N(c1ccc3oc4ccccc4c3c1)c1cc3ccccc3n1-2. The second-order valence-corrected chi connectivity index (χ2v) is 10.2. The summed E-state index contributed by atoms with van der Waals surface area (Å²) in [5, 5.41) is 5.92. The van der Waals surface area contributed by atoms with E-state index < -0.39 is 0 Å². The van der Waals surface area contributed by atoms with Gasteiger partial charge in [-0.25, -0.2) is 0 Å². The zero-order valence-electron chi connectivity index (χ0n) is 21.0. The van der Waals surface area contributed by atoms with Crippen molar-refractivity contribution in [2.24, 2.45) is 0 Å². The highest BCUT2D eigenvalue weighted by Crippen LogP contribution is 2.50. The molecule has 3 nitrogen and oxygen atoms in total. The Morgan fingerprint density at radius 1 is 0.462 bits per heavy atom. The molecule has 0 saturated heterocycles. The molecule has 9 rings (SSSR count). The number of anilines is 3. The van der Waals surface area contributed by atoms with Crippen LogP contribution in [0.2, 0.25) is 0 Å². The number of para-hydroxylation sites is 3. The van der Waals surface area contributed by atoms with E-state index in [2.05, 4.69) is 131 Å². The predicted octanol–water partition coefficient (Wildman–Crippen LogP) is 10.1. The lowest BCUT2D eigenvalue weighted by Gasteiger charge is -2.26. The highest BCUT2D eigenvalue weighted by atomic mass is 16.3. The molecule has 1 aliphatic heterocycles. The fraction of sp³-hybridized carbons (Fsp3) is 0. The summed E-state index contributed by atoms with van der Waals surface area (Å²) in [7, 11) is 0. The van der Waals surface area contributed by atoms with E-state index in [4.69, 9.17) is 4.42 Å². The first-order valence-corrected chi connectivity index (χ1v) is 13.3. The molecule has 39 heavy (non-hydrogen) atoms. The van der Waals surface area contributed by atoms with Crippen molar-refractivity contribution in [1.29, 1.82) is 0 Å². The van der Waals surface area contributed by atoms with Crippen LogP contribution in [0.3, 0.4) is 0 Å². The second kappa shape index (κ2) is 7.62. The second-order valence-electron chi connectivity index (χ2n) is 10.2. The predicted molar refractivity (Wildman–Crippen MR) is 162 cm³/mol. The number of hydrogen-bond acceptors (Lipinski definition) is 2. The van der Waals surface area contributed by atoms with E-state index in [-0.39, 0.29) is 0 Å². The minimum atomic E-state index is 0.900. The van der Waals surface area contributed by atoms with Gasteiger partial charge in [-0.05, 0) is 65.4 Å². The molecule has 3 heterocycles. The van der Waals surface area contributed by atoms with Crippen LogP contribution in [0.5, 0.6) is 0 Å². The van der Waals surface area contributed by atoms with E-state index in [9.17, 15) is 0 Å². The third kappa shape index (κ3) is 2.87. The molecule has 0 aliphatic carbocycles. The van der Waals surface area contributed by atoms with E-state index >= 15 is 0 Å². The molecule has 0 spiro atoms. The Bertz CT molecular complexity index is 2250. The molecule has 0 amide bonds. The largest absolute Gasteiger partial charge is 0.456 e. The van der Waals surface area contributed by atoms with Gasteiger partial charge in [0.05, 0.1) is 16.9 Å². The van der Waals surface area contributed by atoms with Crippen molar-refractivity contribution < 1.29 is 4.42 Å². The Morgan fingerprint density at radius 3 is 2.10 bits per heavy atom. The number of aromatic nitrogens is 1. The minimum absolute atomic E-state index is 0.900. The molecule has 182 valence electrons. The van der Waals surface area contributed by atoms with Gasteiger partial charge in [-0.2, -0.15) is 0 Å². The van der Waals surface area contributed by atoms with Crippen LogP contribution < -0.4 is 4.90 Å². The number of rotatable bonds is 1. The molecule has 1 aliphatic rings. The molecule has 0 N–H and O–H groups in total. The number of benzene rings is 6. The van der Waals surface area contributed by atoms with Gasteiger partial charge in [-0.3, -0.25) is 9.47 Å². The maximum absolute atomic E-state index is 6.19. The van der Waals surface area contributed by atoms with Crippen molar-refractivity contribution in [3.63, 3.8) is 0 Å². The normalized spacial score (nSPS) is 12.6. The summed E-state index contributed by atoms with van der Waals surface area (Å²) in [6, 6.07) is 47.9. The molecule has 0 unspecified atom stereocenters. The van der Waals surface area contributed by atoms with E-state index in [0.717, 1.165) is 39.1 Å². The van der Waals surface area contributed by atoms with Crippen LogP contribution in [-0.4, -0.2) is 4.57 Å². The Morgan fingerprint density at radius 2 is 1.18 bits per heavy atom. The first-order valence-electron chi connectivity index (χ1n) is 13.3. The van der Waals surface area contributed by atoms with Crippen molar-refractivity contribution in [2.75, 3.05) is 4.90 Å². The van der Waals surface area contributed by atoms with E-state index in [0.29, 0.717) is 0 Å². The molecule has 0 fully saturated rings. The summed E-state index contributed by atoms with van der Waals surface area (Å²) in [4.78, 5) is 2.42. The molecular formula is C36H22N2O. The van der Waals surface area contributed by atoms with Gasteiger partial charge >= 0.3 is 0 Å². The Kier molecular flexibility index (Phi) is 4.05. The number of furan rings is 1. The van der Waals surface area contributed by atoms with Gasteiger partial charge < -0.3 is 4.42 Å². The molecule has 3 heteroatoms. The van der Waals surface area contributed by atoms with Gasteiger partial charge in [-0.15, -0.1) is 0 Å². The van der Waals surface area contributed by atoms with Crippen molar-refractivity contribution >= 4 is 60.8 Å². The van der Waals surface area contributed by atoms with Gasteiger partial charge in [0.25, 0.3) is 0 Å². The third-order valence-electron chi connectivity index (χ3n) is 8.08. The summed E-state index contributed by atoms with van der Waals surface area (Å²) >= 11 is 0. The smallest absolute Gasteiger partial charge is 0.135 e. The maximum atomic E-state index is 6.19. The summed E-state index contributed by atoms with van der Waals surface area (Å²) in [6.45, 7) is 0. The lowest BCUT2D eigenvalue weighted by molar-refractivity contribution is 0.669. The zero-order valence-corrected chi connectivity index (χ0v) is 21.0. The Balaban J connectivity index is 1.45. The fourth-order valence-electron chi connectivity index (χ4n) is 6.33. The average molecular weight is 499 g/mol. The number of hydrogen-bond donors (Lipinski definition) is 0. The zero-order chi connectivity index (χ0) is 25.5. The average Bonchev–Trinajstić information content (AvgIpc) is 3.52. The van der Waals surface area contributed by atoms with Crippen LogP contribution in [-0.2, 0) is 0 Å². The first kappa shape index (κ1) is 20.7. The topological polar surface area (TPSA) is 21.3 Å². The molecule has 8 aromatic rings. The molecule has 0 atom stereocenters. The standard InChI is InChI=1S/C36H22N2O/c1-2-10-24-20-33-29(19-23(24)9-1)27-12-4-7-15-32(27)38-31-14-6-3-11-25(31)21-36(38)37(33)26-17-18-35-30(22-26)28-13-5-8-16-34(28)39-35/h1-22H. The highest BCUT2D eigenvalue weighted by Gasteiger charge is 2.28. The number of fused-ring (bicyclic) bond motifs is 11. The highest BCUT2D eigenvalue weighted by molar-refractivity contribution is 6.08. The van der Waals surface area contributed by atoms with Gasteiger partial charge in [0.2, 0.25) is 0 Å². The Hall–Kier alpha value is -5.28. The molecule has 6 aromatic carbocycles. The molecular weight excluding hydrogens is 476 g/mol. The van der Waals surface area contributed by atoms with Crippen LogP contribution in [0, 0.1) is 0 Å². The summed E-state index contributed by atoms with van der Waals surface area (Å²) in [6.07, 6.45) is 0. The van der Waals surface area contributed by atoms with E-state index in [1.165, 1.54) is 38.5 Å². The van der Waals surface area contributed by atoms with Gasteiger partial charge in [-0.1, -0.05) is 78.9 Å². The summed E-state index contributed by atoms with van der Waals surface area (Å²) in [5.41, 5.74) is 8.88. The van der Waals surface area contributed by atoms with Crippen LogP contribution in [0.15, 0.2) is 138 Å². The summed E-state index contributed by atoms with van der Waals surface area (Å²) in [5.74, 6) is 1.12. The van der Waals surface area contributed by atoms with Crippen molar-refractivity contribution in [1.82, 2.24) is 4.57 Å². The lowest BCUT2D eigenvalue weighted by Crippen LogP contribution is -2.12. The molecule has 0 saturated carbocycles. The maximum Gasteiger partial charge on any atom is 0.135 e. The van der Waals surface area contributed by atoms with Crippen LogP contribution in [0.1, 0.15) is 0 Å². The lowest BCUT2D eigenvalue weighted by atomic mass is 9.97. The Labute approximate surface area is 224 Å². The number of nitrogens with zero attached hydrogens (tertiary/aromatic N) is 2. The van der Waals surface area contributed by atoms with Gasteiger partial charge in [0.1, 0.15) is 17.0 Å².